The van der Waals surface area contributed by atoms with E-state index in [1.807, 2.05) is 218 Å². The van der Waals surface area contributed by atoms with Crippen molar-refractivity contribution >= 4 is 57.1 Å². The molecule has 0 fully saturated rings. The van der Waals surface area contributed by atoms with Gasteiger partial charge < -0.3 is 9.97 Å². The van der Waals surface area contributed by atoms with Crippen molar-refractivity contribution in [3.63, 3.8) is 0 Å². The molecule has 0 amide bonds. The van der Waals surface area contributed by atoms with Crippen LogP contribution in [0.25, 0.3) is 102 Å². The third-order valence-electron chi connectivity index (χ3n) is 13.1. The Balaban J connectivity index is 1.39. The van der Waals surface area contributed by atoms with E-state index in [1.54, 1.807) is 12.2 Å². The highest BCUT2D eigenvalue weighted by Gasteiger charge is 2.32. The summed E-state index contributed by atoms with van der Waals surface area (Å²) < 4.78 is 0. The Morgan fingerprint density at radius 1 is 0.413 bits per heavy atom. The van der Waals surface area contributed by atoms with Crippen LogP contribution in [0.5, 0.6) is 0 Å². The Morgan fingerprint density at radius 3 is 1.09 bits per heavy atom. The number of aromatic amines is 2. The van der Waals surface area contributed by atoms with Crippen molar-refractivity contribution in [3.8, 4) is 68.8 Å². The minimum atomic E-state index is -0.376. The van der Waals surface area contributed by atoms with Gasteiger partial charge in [0.15, 0.2) is 5.69 Å². The molecule has 0 aliphatic carbocycles. The van der Waals surface area contributed by atoms with E-state index in [0.717, 1.165) is 50.1 Å². The van der Waals surface area contributed by atoms with Crippen molar-refractivity contribution in [3.05, 3.63) is 260 Å². The van der Waals surface area contributed by atoms with Gasteiger partial charge in [0, 0.05) is 61.5 Å². The van der Waals surface area contributed by atoms with Crippen molar-refractivity contribution in [2.24, 2.45) is 0 Å². The van der Waals surface area contributed by atoms with Crippen LogP contribution in [-0.2, 0) is 0 Å². The van der Waals surface area contributed by atoms with E-state index in [2.05, 4.69) is 9.97 Å². The minimum Gasteiger partial charge on any atom is -0.354 e. The lowest BCUT2D eigenvalue weighted by atomic mass is 9.87. The number of nitrogens with one attached hydrogen (secondary N) is 2. The molecular weight excluding hydrogens is 927 g/mol. The molecule has 5 heterocycles. The zero-order valence-electron chi connectivity index (χ0n) is 39.7. The lowest BCUT2D eigenvalue weighted by Gasteiger charge is -2.14. The molecule has 11 heteroatoms. The zero-order chi connectivity index (χ0) is 51.4. The standard InChI is InChI=1S/C64H37N9O2/c65-36-42(37-66)33-40-21-25-48(26-22-40)60-61(49-27-23-41(24-28-49)34-43(38-67)39-68)64-59(47-19-11-4-12-20-47)53-32-31-51(70-53)57(45-15-7-2-8-16-45)62-55(73(74)75)35-54(71-62)56(44-13-5-1-6-14-44)50-29-30-52(69-50)58(63(60)72-64)46-17-9-3-10-18-46/h1-35,69-70H. The van der Waals surface area contributed by atoms with Crippen molar-refractivity contribution in [1.82, 2.24) is 19.9 Å². The third kappa shape index (κ3) is 8.75. The normalized spacial score (nSPS) is 11.5. The van der Waals surface area contributed by atoms with Crippen LogP contribution < -0.4 is 0 Å². The summed E-state index contributed by atoms with van der Waals surface area (Å²) in [4.78, 5) is 31.5. The number of nitrogens with zero attached hydrogens (tertiary/aromatic N) is 7. The molecule has 2 N–H and O–H groups in total. The lowest BCUT2D eigenvalue weighted by molar-refractivity contribution is -0.374. The van der Waals surface area contributed by atoms with Gasteiger partial charge in [0.05, 0.1) is 22.0 Å². The average molecular weight is 964 g/mol. The van der Waals surface area contributed by atoms with Crippen LogP contribution in [0, 0.1) is 55.4 Å². The highest BCUT2D eigenvalue weighted by atomic mass is 16.6. The number of fused-ring (bicyclic) bond motifs is 8. The molecule has 8 bridgehead atoms. The number of allylic oxidation sites excluding steroid dienone is 2. The van der Waals surface area contributed by atoms with Crippen LogP contribution >= 0.6 is 0 Å². The average Bonchev–Trinajstić information content (AvgIpc) is 4.34. The summed E-state index contributed by atoms with van der Waals surface area (Å²) in [6.07, 6.45) is 4.64. The van der Waals surface area contributed by atoms with Gasteiger partial charge in [0.1, 0.15) is 35.4 Å². The molecule has 9 aromatic rings. The van der Waals surface area contributed by atoms with E-state index in [0.29, 0.717) is 67.0 Å². The predicted molar refractivity (Wildman–Crippen MR) is 294 cm³/mol. The monoisotopic (exact) mass is 963 g/mol. The Hall–Kier alpha value is -11.2. The minimum absolute atomic E-state index is 0.0351. The van der Waals surface area contributed by atoms with Gasteiger partial charge >= 0.3 is 0 Å². The quantitative estimate of drug-likeness (QED) is 0.0809. The fourth-order valence-electron chi connectivity index (χ4n) is 9.74. The van der Waals surface area contributed by atoms with Crippen LogP contribution in [0.2, 0.25) is 0 Å². The largest absolute Gasteiger partial charge is 0.354 e. The van der Waals surface area contributed by atoms with Crippen molar-refractivity contribution in [1.29, 1.82) is 21.0 Å². The van der Waals surface area contributed by atoms with Crippen LogP contribution in [-0.4, -0.2) is 24.9 Å². The first kappa shape index (κ1) is 46.2. The first-order valence-electron chi connectivity index (χ1n) is 23.7. The van der Waals surface area contributed by atoms with Crippen LogP contribution in [0.3, 0.4) is 0 Å². The highest BCUT2D eigenvalue weighted by molar-refractivity contribution is 6.13. The summed E-state index contributed by atoms with van der Waals surface area (Å²) in [7, 11) is 0. The first-order valence-corrected chi connectivity index (χ1v) is 23.7. The van der Waals surface area contributed by atoms with Gasteiger partial charge in [0.2, 0.25) is 0 Å². The molecule has 2 aliphatic rings. The number of nitriles is 4. The van der Waals surface area contributed by atoms with E-state index in [9.17, 15) is 31.2 Å². The van der Waals surface area contributed by atoms with E-state index >= 15 is 0 Å². The second-order valence-electron chi connectivity index (χ2n) is 17.5. The van der Waals surface area contributed by atoms with E-state index in [1.165, 1.54) is 6.08 Å². The highest BCUT2D eigenvalue weighted by Crippen LogP contribution is 2.48. The number of nitro groups is 1. The summed E-state index contributed by atoms with van der Waals surface area (Å²) in [5.74, 6) is 0. The van der Waals surface area contributed by atoms with Crippen LogP contribution in [0.4, 0.5) is 0 Å². The molecule has 3 aromatic heterocycles. The number of hydrogen-bond acceptors (Lipinski definition) is 8. The second-order valence-corrected chi connectivity index (χ2v) is 17.5. The molecule has 350 valence electrons. The molecule has 0 saturated heterocycles. The van der Waals surface area contributed by atoms with Crippen molar-refractivity contribution < 1.29 is 4.92 Å². The molecule has 11 nitrogen and oxygen atoms in total. The van der Waals surface area contributed by atoms with E-state index < -0.39 is 0 Å². The van der Waals surface area contributed by atoms with Crippen molar-refractivity contribution in [2.75, 3.05) is 0 Å². The smallest absolute Gasteiger partial charge is 0.297 e. The van der Waals surface area contributed by atoms with Gasteiger partial charge in [0.25, 0.3) is 5.70 Å². The van der Waals surface area contributed by atoms with Crippen LogP contribution in [0.1, 0.15) is 45.0 Å². The van der Waals surface area contributed by atoms with E-state index in [-0.39, 0.29) is 27.5 Å². The molecule has 0 unspecified atom stereocenters. The molecular formula is C64H37N9O2. The molecule has 0 spiro atoms. The Kier molecular flexibility index (Phi) is 12.2. The maximum absolute atomic E-state index is 13.3. The molecule has 2 aliphatic heterocycles. The second kappa shape index (κ2) is 19.9. The summed E-state index contributed by atoms with van der Waals surface area (Å²) in [6, 6.07) is 70.1. The molecule has 11 rings (SSSR count). The maximum Gasteiger partial charge on any atom is 0.297 e. The van der Waals surface area contributed by atoms with Gasteiger partial charge in [-0.05, 0) is 80.9 Å². The number of H-pyrrole nitrogens is 2. The number of rotatable bonds is 9. The number of benzene rings is 6. The Labute approximate surface area is 430 Å². The Bertz CT molecular complexity index is 4220. The first-order chi connectivity index (χ1) is 36.8. The Morgan fingerprint density at radius 2 is 0.747 bits per heavy atom. The molecule has 75 heavy (non-hydrogen) atoms. The van der Waals surface area contributed by atoms with E-state index in [4.69, 9.17) is 9.97 Å². The summed E-state index contributed by atoms with van der Waals surface area (Å²) in [5.41, 5.74) is 14.3. The summed E-state index contributed by atoms with van der Waals surface area (Å²) in [5, 5.41) is 52.0. The van der Waals surface area contributed by atoms with Crippen molar-refractivity contribution in [2.45, 2.75) is 0 Å². The van der Waals surface area contributed by atoms with Crippen LogP contribution in [0.15, 0.2) is 205 Å². The van der Waals surface area contributed by atoms with Gasteiger partial charge in [-0.2, -0.15) is 21.0 Å². The fraction of sp³-hybridized carbons (Fsp3) is 0. The lowest BCUT2D eigenvalue weighted by Crippen LogP contribution is -1.98. The zero-order valence-corrected chi connectivity index (χ0v) is 39.7. The number of aromatic nitrogens is 4. The topological polar surface area (TPSA) is 196 Å². The SMILES string of the molecule is N#CC(C#N)=Cc1ccc(C2=C(c3ccc(C=C(C#N)C#N)cc3)c3nc2c(-c2ccccc2)c2ccc([nH]2)c(-c2ccccc2)c2nc(c(-c4ccccc4)c4ccc([nH]4)c3-c3ccccc3)C([N+](=O)[O-])=C2)cc1. The molecule has 0 radical (unpaired) electrons. The molecule has 0 atom stereocenters. The number of hydrogen-bond donors (Lipinski definition) is 2. The summed E-state index contributed by atoms with van der Waals surface area (Å²) >= 11 is 0. The molecule has 0 saturated carbocycles. The predicted octanol–water partition coefficient (Wildman–Crippen LogP) is 14.6. The summed E-state index contributed by atoms with van der Waals surface area (Å²) in [6.45, 7) is 0. The van der Waals surface area contributed by atoms with Gasteiger partial charge in [-0.15, -0.1) is 0 Å². The van der Waals surface area contributed by atoms with Gasteiger partial charge in [-0.1, -0.05) is 170 Å². The third-order valence-corrected chi connectivity index (χ3v) is 13.1. The maximum atomic E-state index is 13.3. The van der Waals surface area contributed by atoms with Gasteiger partial charge in [-0.3, -0.25) is 10.1 Å². The molecule has 6 aromatic carbocycles. The van der Waals surface area contributed by atoms with Gasteiger partial charge in [-0.25, -0.2) is 9.97 Å². The fourth-order valence-corrected chi connectivity index (χ4v) is 9.74.